The summed E-state index contributed by atoms with van der Waals surface area (Å²) < 4.78 is 11.8. The summed E-state index contributed by atoms with van der Waals surface area (Å²) in [4.78, 5) is 2.47. The summed E-state index contributed by atoms with van der Waals surface area (Å²) in [6, 6.07) is 5.01. The Balaban J connectivity index is 0.000000291. The Labute approximate surface area is 67.6 Å². The molecule has 0 N–H and O–H groups in total. The van der Waals surface area contributed by atoms with Gasteiger partial charge in [0.1, 0.15) is 0 Å². The lowest BCUT2D eigenvalue weighted by atomic mass is 10.5. The van der Waals surface area contributed by atoms with Gasteiger partial charge in [0.05, 0.1) is 4.48 Å². The van der Waals surface area contributed by atoms with Crippen LogP contribution >= 0.6 is 22.6 Å². The Morgan fingerprint density at radius 1 is 1.11 bits per heavy atom. The second-order valence-electron chi connectivity index (χ2n) is 1.22. The van der Waals surface area contributed by atoms with E-state index in [0.29, 0.717) is 4.79 Å². The molecular weight excluding hydrogens is 232 g/mol. The summed E-state index contributed by atoms with van der Waals surface area (Å²) in [5, 5.41) is 0. The molecule has 0 saturated heterocycles. The summed E-state index contributed by atoms with van der Waals surface area (Å²) >= 11 is 2.15. The highest BCUT2D eigenvalue weighted by atomic mass is 127. The number of hydrogen-bond acceptors (Lipinski definition) is 0. The van der Waals surface area contributed by atoms with Crippen LogP contribution < -0.4 is 4.79 Å². The van der Waals surface area contributed by atoms with Gasteiger partial charge in [-0.25, -0.2) is 0 Å². The van der Waals surface area contributed by atoms with Gasteiger partial charge in [0.2, 0.25) is 12.4 Å². The van der Waals surface area contributed by atoms with Crippen molar-refractivity contribution in [3.8, 4) is 0 Å². The van der Waals surface area contributed by atoms with Gasteiger partial charge in [0, 0.05) is 16.9 Å². The van der Waals surface area contributed by atoms with Gasteiger partial charge in [0.15, 0.2) is 0 Å². The summed E-state index contributed by atoms with van der Waals surface area (Å²) in [5.74, 6) is 0. The van der Waals surface area contributed by atoms with E-state index in [9.17, 15) is 4.48 Å². The minimum atomic E-state index is 0.500. The topological polar surface area (TPSA) is 3.88 Å². The molecule has 1 aromatic rings. The lowest BCUT2D eigenvalue weighted by molar-refractivity contribution is -0.843. The fourth-order valence-electron chi connectivity index (χ4n) is 0.378. The van der Waals surface area contributed by atoms with Crippen LogP contribution in [-0.2, 0) is 0 Å². The maximum absolute atomic E-state index is 11.8. The Morgan fingerprint density at radius 3 is 1.78 bits per heavy atom. The minimum absolute atomic E-state index is 0.500. The first-order chi connectivity index (χ1) is 4.39. The van der Waals surface area contributed by atoms with Crippen molar-refractivity contribution in [2.45, 2.75) is 0 Å². The normalized spacial score (nSPS) is 7.44. The fourth-order valence-corrected chi connectivity index (χ4v) is 0.378. The van der Waals surface area contributed by atoms with Crippen LogP contribution in [0, 0.1) is 0 Å². The van der Waals surface area contributed by atoms with Crippen LogP contribution in [0.2, 0.25) is 0 Å². The van der Waals surface area contributed by atoms with Crippen molar-refractivity contribution in [2.24, 2.45) is 0 Å². The van der Waals surface area contributed by atoms with Crippen LogP contribution in [0.1, 0.15) is 0 Å². The summed E-state index contributed by atoms with van der Waals surface area (Å²) in [6.07, 6.45) is 2.67. The maximum Gasteiger partial charge on any atom is 0.218 e. The summed E-state index contributed by atoms with van der Waals surface area (Å²) in [7, 11) is 0. The molecule has 0 aliphatic rings. The maximum atomic E-state index is 11.8. The molecule has 1 aromatic heterocycles. The van der Waals surface area contributed by atoms with E-state index < -0.39 is 0 Å². The van der Waals surface area contributed by atoms with E-state index in [-0.39, 0.29) is 0 Å². The predicted molar refractivity (Wildman–Crippen MR) is 43.1 cm³/mol. The number of halogens is 2. The molecule has 0 aliphatic heterocycles. The molecule has 0 fully saturated rings. The zero-order valence-corrected chi connectivity index (χ0v) is 7.25. The van der Waals surface area contributed by atoms with Crippen LogP contribution in [-0.4, -0.2) is 4.93 Å². The van der Waals surface area contributed by atoms with Gasteiger partial charge in [-0.2, -0.15) is 0 Å². The van der Waals surface area contributed by atoms with Gasteiger partial charge in [0.25, 0.3) is 0 Å². The molecule has 0 bridgehead atoms. The van der Waals surface area contributed by atoms with E-state index in [0.717, 1.165) is 0 Å². The molecule has 9 heavy (non-hydrogen) atoms. The predicted octanol–water partition coefficient (Wildman–Crippen LogP) is 1.76. The van der Waals surface area contributed by atoms with Gasteiger partial charge < -0.3 is 0 Å². The lowest BCUT2D eigenvalue weighted by Crippen LogP contribution is -2.18. The first-order valence-corrected chi connectivity index (χ1v) is 4.55. The molecule has 3 heteroatoms. The van der Waals surface area contributed by atoms with Crippen molar-refractivity contribution in [2.75, 3.05) is 4.93 Å². The molecule has 0 aromatic carbocycles. The van der Waals surface area contributed by atoms with Crippen LogP contribution in [0.3, 0.4) is 0 Å². The molecule has 0 amide bonds. The van der Waals surface area contributed by atoms with Crippen LogP contribution in [0.4, 0.5) is 4.48 Å². The van der Waals surface area contributed by atoms with E-state index in [1.807, 2.05) is 4.93 Å². The van der Waals surface area contributed by atoms with Crippen molar-refractivity contribution in [1.82, 2.24) is 0 Å². The van der Waals surface area contributed by atoms with E-state index in [4.69, 9.17) is 0 Å². The number of hydrogen-bond donors (Lipinski definition) is 0. The zero-order chi connectivity index (χ0) is 7.11. The van der Waals surface area contributed by atoms with Crippen molar-refractivity contribution < 1.29 is 9.27 Å². The van der Waals surface area contributed by atoms with E-state index in [2.05, 4.69) is 22.6 Å². The van der Waals surface area contributed by atoms with Gasteiger partial charge >= 0.3 is 0 Å². The minimum Gasteiger partial charge on any atom is -0.0901 e. The van der Waals surface area contributed by atoms with Crippen molar-refractivity contribution in [3.05, 3.63) is 30.6 Å². The Morgan fingerprint density at radius 2 is 1.56 bits per heavy atom. The van der Waals surface area contributed by atoms with Crippen molar-refractivity contribution in [3.63, 3.8) is 0 Å². The van der Waals surface area contributed by atoms with Gasteiger partial charge in [-0.05, 0) is 4.93 Å². The number of aromatic nitrogens is 1. The monoisotopic (exact) mass is 240 g/mol. The van der Waals surface area contributed by atoms with Crippen LogP contribution in [0.25, 0.3) is 0 Å². The average Bonchev–Trinajstić information content (AvgIpc) is 1.94. The standard InChI is InChI=1S/C5H5FN.CH3I/c6-7-4-2-1-3-5-7;1-2/h1-5H;1H3/q+1;. The number of pyridine rings is 1. The van der Waals surface area contributed by atoms with Gasteiger partial charge in [-0.15, -0.1) is 0 Å². The third-order valence-electron chi connectivity index (χ3n) is 0.679. The smallest absolute Gasteiger partial charge is 0.0901 e. The second kappa shape index (κ2) is 5.94. The molecular formula is C6H8FIN+. The number of nitrogens with zero attached hydrogens (tertiary/aromatic N) is 1. The zero-order valence-electron chi connectivity index (χ0n) is 5.09. The highest BCUT2D eigenvalue weighted by Crippen LogP contribution is 1.73. The first-order valence-electron chi connectivity index (χ1n) is 2.40. The number of rotatable bonds is 0. The fraction of sp³-hybridized carbons (Fsp3) is 0.167. The molecule has 0 saturated carbocycles. The summed E-state index contributed by atoms with van der Waals surface area (Å²) in [6.45, 7) is 0. The van der Waals surface area contributed by atoms with Crippen LogP contribution in [0.15, 0.2) is 30.6 Å². The Bertz CT molecular complexity index is 143. The molecule has 50 valence electrons. The SMILES string of the molecule is CI.F[n+]1ccccc1. The third-order valence-corrected chi connectivity index (χ3v) is 0.679. The van der Waals surface area contributed by atoms with Crippen molar-refractivity contribution in [1.29, 1.82) is 0 Å². The molecule has 1 rings (SSSR count). The first kappa shape index (κ1) is 8.81. The third kappa shape index (κ3) is 4.32. The number of alkyl halides is 1. The van der Waals surface area contributed by atoms with Gasteiger partial charge in [-0.3, -0.25) is 0 Å². The van der Waals surface area contributed by atoms with Gasteiger partial charge in [-0.1, -0.05) is 28.7 Å². The molecule has 1 nitrogen and oxygen atoms in total. The molecule has 0 radical (unpaired) electrons. The Kier molecular flexibility index (Phi) is 5.81. The van der Waals surface area contributed by atoms with E-state index in [1.54, 1.807) is 18.2 Å². The largest absolute Gasteiger partial charge is 0.218 e. The summed E-state index contributed by atoms with van der Waals surface area (Å²) in [5.41, 5.74) is 0. The molecule has 0 atom stereocenters. The molecule has 0 spiro atoms. The van der Waals surface area contributed by atoms with Crippen molar-refractivity contribution >= 4 is 22.6 Å². The second-order valence-corrected chi connectivity index (χ2v) is 1.22. The quantitative estimate of drug-likeness (QED) is 0.480. The Hall–Kier alpha value is -0.190. The van der Waals surface area contributed by atoms with Crippen LogP contribution in [0.5, 0.6) is 0 Å². The highest BCUT2D eigenvalue weighted by molar-refractivity contribution is 14.1. The lowest BCUT2D eigenvalue weighted by Gasteiger charge is -1.69. The molecule has 1 heterocycles. The highest BCUT2D eigenvalue weighted by Gasteiger charge is 1.86. The van der Waals surface area contributed by atoms with E-state index in [1.165, 1.54) is 12.4 Å². The molecule has 0 aliphatic carbocycles. The average molecular weight is 240 g/mol. The molecule has 0 unspecified atom stereocenters. The van der Waals surface area contributed by atoms with E-state index >= 15 is 0 Å².